The number of rotatable bonds is 6. The first-order valence-electron chi connectivity index (χ1n) is 6.36. The summed E-state index contributed by atoms with van der Waals surface area (Å²) in [6.45, 7) is 2.07. The molecule has 2 aromatic heterocycles. The van der Waals surface area contributed by atoms with Gasteiger partial charge in [0.15, 0.2) is 0 Å². The molecule has 3 N–H and O–H groups in total. The van der Waals surface area contributed by atoms with Gasteiger partial charge in [0, 0.05) is 11.6 Å². The molecule has 2 amide bonds. The maximum atomic E-state index is 11.8. The molecular weight excluding hydrogens is 294 g/mol. The molecule has 1 atom stereocenters. The number of thiazole rings is 1. The summed E-state index contributed by atoms with van der Waals surface area (Å²) >= 11 is 1.48. The molecule has 112 valence electrons. The fraction of sp³-hybridized carbons (Fsp3) is 0.308. The number of carbonyl (C=O) groups is 2. The Morgan fingerprint density at radius 1 is 1.48 bits per heavy atom. The van der Waals surface area contributed by atoms with Crippen LogP contribution in [0.4, 0.5) is 4.79 Å². The van der Waals surface area contributed by atoms with Gasteiger partial charge in [-0.15, -0.1) is 11.3 Å². The van der Waals surface area contributed by atoms with Crippen LogP contribution in [0.25, 0.3) is 0 Å². The molecule has 0 aromatic carbocycles. The van der Waals surface area contributed by atoms with Crippen LogP contribution in [0.2, 0.25) is 0 Å². The van der Waals surface area contributed by atoms with Gasteiger partial charge >= 0.3 is 12.0 Å². The zero-order valence-electron chi connectivity index (χ0n) is 11.3. The predicted octanol–water partition coefficient (Wildman–Crippen LogP) is 2.38. The van der Waals surface area contributed by atoms with Crippen molar-refractivity contribution in [1.82, 2.24) is 15.6 Å². The molecule has 0 spiro atoms. The van der Waals surface area contributed by atoms with E-state index in [1.54, 1.807) is 6.20 Å². The van der Waals surface area contributed by atoms with Gasteiger partial charge in [-0.25, -0.2) is 14.6 Å². The molecule has 0 aliphatic heterocycles. The Morgan fingerprint density at radius 2 is 2.29 bits per heavy atom. The van der Waals surface area contributed by atoms with Crippen molar-refractivity contribution in [3.05, 3.63) is 40.2 Å². The molecule has 0 saturated heterocycles. The van der Waals surface area contributed by atoms with E-state index in [1.165, 1.54) is 23.5 Å². The first-order chi connectivity index (χ1) is 10.1. The second-order valence-electron chi connectivity index (χ2n) is 4.23. The van der Waals surface area contributed by atoms with Gasteiger partial charge in [-0.05, 0) is 18.6 Å². The van der Waals surface area contributed by atoms with Crippen LogP contribution >= 0.6 is 11.3 Å². The van der Waals surface area contributed by atoms with Crippen LogP contribution in [-0.4, -0.2) is 22.1 Å². The number of carbonyl (C=O) groups excluding carboxylic acids is 1. The number of hydrogen-bond donors (Lipinski definition) is 3. The summed E-state index contributed by atoms with van der Waals surface area (Å²) in [4.78, 5) is 26.7. The maximum absolute atomic E-state index is 11.8. The lowest BCUT2D eigenvalue weighted by molar-refractivity contribution is 0.0660. The average molecular weight is 309 g/mol. The zero-order chi connectivity index (χ0) is 15.2. The second-order valence-corrected chi connectivity index (χ2v) is 5.16. The van der Waals surface area contributed by atoms with Gasteiger partial charge in [0.1, 0.15) is 10.8 Å². The van der Waals surface area contributed by atoms with Gasteiger partial charge in [-0.2, -0.15) is 0 Å². The first kappa shape index (κ1) is 15.0. The Bertz CT molecular complexity index is 609. The van der Waals surface area contributed by atoms with Crippen LogP contribution < -0.4 is 10.6 Å². The fourth-order valence-electron chi connectivity index (χ4n) is 1.71. The molecule has 7 nitrogen and oxygen atoms in total. The normalized spacial score (nSPS) is 11.9. The quantitative estimate of drug-likeness (QED) is 0.760. The number of nitrogens with one attached hydrogen (secondary N) is 2. The second kappa shape index (κ2) is 6.89. The molecule has 8 heteroatoms. The van der Waals surface area contributed by atoms with Crippen molar-refractivity contribution in [1.29, 1.82) is 0 Å². The number of carboxylic acid groups (broad SMARTS) is 1. The molecule has 2 rings (SSSR count). The Kier molecular flexibility index (Phi) is 4.94. The highest BCUT2D eigenvalue weighted by atomic mass is 32.1. The van der Waals surface area contributed by atoms with Crippen LogP contribution in [0.15, 0.2) is 28.1 Å². The van der Waals surface area contributed by atoms with Crippen molar-refractivity contribution in [3.8, 4) is 0 Å². The lowest BCUT2D eigenvalue weighted by Crippen LogP contribution is -2.37. The molecule has 0 fully saturated rings. The number of aromatic nitrogens is 1. The Morgan fingerprint density at radius 3 is 2.86 bits per heavy atom. The van der Waals surface area contributed by atoms with Crippen molar-refractivity contribution in [2.45, 2.75) is 25.9 Å². The van der Waals surface area contributed by atoms with Crippen molar-refractivity contribution in [2.75, 3.05) is 0 Å². The SMILES string of the molecule is CCC(NC(=O)NCc1ccc(C(=O)O)o1)c1nccs1. The summed E-state index contributed by atoms with van der Waals surface area (Å²) in [5.41, 5.74) is 0. The molecule has 0 radical (unpaired) electrons. The molecule has 0 aliphatic carbocycles. The third kappa shape index (κ3) is 4.06. The van der Waals surface area contributed by atoms with Crippen molar-refractivity contribution < 1.29 is 19.1 Å². The van der Waals surface area contributed by atoms with E-state index in [1.807, 2.05) is 12.3 Å². The van der Waals surface area contributed by atoms with E-state index in [-0.39, 0.29) is 24.4 Å². The first-order valence-corrected chi connectivity index (χ1v) is 7.24. The Hall–Kier alpha value is -2.35. The molecule has 0 aliphatic rings. The predicted molar refractivity (Wildman–Crippen MR) is 76.2 cm³/mol. The molecule has 0 saturated carbocycles. The summed E-state index contributed by atoms with van der Waals surface area (Å²) in [7, 11) is 0. The summed E-state index contributed by atoms with van der Waals surface area (Å²) < 4.78 is 5.05. The summed E-state index contributed by atoms with van der Waals surface area (Å²) in [6.07, 6.45) is 2.42. The summed E-state index contributed by atoms with van der Waals surface area (Å²) in [5.74, 6) is -0.910. The van der Waals surface area contributed by atoms with Gasteiger partial charge in [-0.1, -0.05) is 6.92 Å². The minimum atomic E-state index is -1.14. The monoisotopic (exact) mass is 309 g/mol. The maximum Gasteiger partial charge on any atom is 0.371 e. The third-order valence-electron chi connectivity index (χ3n) is 2.76. The van der Waals surface area contributed by atoms with Gasteiger partial charge in [0.25, 0.3) is 0 Å². The minimum Gasteiger partial charge on any atom is -0.475 e. The largest absolute Gasteiger partial charge is 0.475 e. The molecule has 1 unspecified atom stereocenters. The van der Waals surface area contributed by atoms with Crippen molar-refractivity contribution >= 4 is 23.3 Å². The van der Waals surface area contributed by atoms with Crippen molar-refractivity contribution in [2.24, 2.45) is 0 Å². The molecule has 21 heavy (non-hydrogen) atoms. The minimum absolute atomic E-state index is 0.118. The number of aromatic carboxylic acids is 1. The van der Waals surface area contributed by atoms with Crippen molar-refractivity contribution in [3.63, 3.8) is 0 Å². The molecule has 2 heterocycles. The lowest BCUT2D eigenvalue weighted by atomic mass is 10.2. The fourth-order valence-corrected chi connectivity index (χ4v) is 2.48. The average Bonchev–Trinajstić information content (AvgIpc) is 3.13. The Balaban J connectivity index is 1.85. The number of urea groups is 1. The number of hydrogen-bond acceptors (Lipinski definition) is 5. The van der Waals surface area contributed by atoms with Gasteiger partial charge in [0.05, 0.1) is 12.6 Å². The van der Waals surface area contributed by atoms with E-state index < -0.39 is 5.97 Å². The molecular formula is C13H15N3O4S. The summed E-state index contributed by atoms with van der Waals surface area (Å²) in [6, 6.07) is 2.37. The standard InChI is InChI=1S/C13H15N3O4S/c1-2-9(11-14-5-6-21-11)16-13(19)15-7-8-3-4-10(20-8)12(17)18/h3-6,9H,2,7H2,1H3,(H,17,18)(H2,15,16,19). The number of furan rings is 1. The third-order valence-corrected chi connectivity index (χ3v) is 3.65. The van der Waals surface area contributed by atoms with E-state index in [0.29, 0.717) is 5.76 Å². The highest BCUT2D eigenvalue weighted by Crippen LogP contribution is 2.18. The van der Waals surface area contributed by atoms with E-state index in [9.17, 15) is 9.59 Å². The van der Waals surface area contributed by atoms with Crippen LogP contribution in [0.3, 0.4) is 0 Å². The van der Waals surface area contributed by atoms with Crippen LogP contribution in [0.1, 0.15) is 40.7 Å². The number of carboxylic acids is 1. The van der Waals surface area contributed by atoms with E-state index in [4.69, 9.17) is 9.52 Å². The van der Waals surface area contributed by atoms with Crippen LogP contribution in [-0.2, 0) is 6.54 Å². The van der Waals surface area contributed by atoms with Crippen LogP contribution in [0.5, 0.6) is 0 Å². The summed E-state index contributed by atoms with van der Waals surface area (Å²) in [5, 5.41) is 16.9. The number of amides is 2. The molecule has 2 aromatic rings. The lowest BCUT2D eigenvalue weighted by Gasteiger charge is -2.14. The zero-order valence-corrected chi connectivity index (χ0v) is 12.1. The van der Waals surface area contributed by atoms with Gasteiger partial charge in [0.2, 0.25) is 5.76 Å². The molecule has 0 bridgehead atoms. The van der Waals surface area contributed by atoms with E-state index in [2.05, 4.69) is 15.6 Å². The van der Waals surface area contributed by atoms with E-state index in [0.717, 1.165) is 11.4 Å². The van der Waals surface area contributed by atoms with Gasteiger partial charge in [-0.3, -0.25) is 0 Å². The Labute approximate surface area is 125 Å². The topological polar surface area (TPSA) is 104 Å². The smallest absolute Gasteiger partial charge is 0.371 e. The number of nitrogens with zero attached hydrogens (tertiary/aromatic N) is 1. The van der Waals surface area contributed by atoms with Crippen LogP contribution in [0, 0.1) is 0 Å². The van der Waals surface area contributed by atoms with E-state index >= 15 is 0 Å². The highest BCUT2D eigenvalue weighted by Gasteiger charge is 2.15. The highest BCUT2D eigenvalue weighted by molar-refractivity contribution is 7.09. The van der Waals surface area contributed by atoms with Gasteiger partial charge < -0.3 is 20.2 Å².